The van der Waals surface area contributed by atoms with Crippen molar-refractivity contribution < 1.29 is 24.5 Å². The van der Waals surface area contributed by atoms with Crippen molar-refractivity contribution in [2.75, 3.05) is 19.3 Å². The highest BCUT2D eigenvalue weighted by Crippen LogP contribution is 2.32. The Hall–Kier alpha value is -4.19. The van der Waals surface area contributed by atoms with E-state index < -0.39 is 30.4 Å². The predicted molar refractivity (Wildman–Crippen MR) is 127 cm³/mol. The van der Waals surface area contributed by atoms with Gasteiger partial charge < -0.3 is 30.9 Å². The summed E-state index contributed by atoms with van der Waals surface area (Å²) in [7, 11) is 1.40. The Morgan fingerprint density at radius 3 is 2.76 bits per heavy atom. The normalized spacial score (nSPS) is 23.2. The van der Waals surface area contributed by atoms with E-state index in [-0.39, 0.29) is 41.3 Å². The first-order valence-corrected chi connectivity index (χ1v) is 11.7. The quantitative estimate of drug-likeness (QED) is 0.297. The SMILES string of the molecule is CNC(=O)[C@H]1O[C@@H](n2cnc3c(N)nc(C#CCN(C(=O)c4ccnnc4)C4CCC4)nc32)C(O)[C@@H]1O. The molecule has 2 fully saturated rings. The number of nitrogens with zero attached hydrogens (tertiary/aromatic N) is 7. The number of nitrogens with two attached hydrogens (primary N) is 1. The van der Waals surface area contributed by atoms with E-state index in [2.05, 4.69) is 42.3 Å². The van der Waals surface area contributed by atoms with Crippen LogP contribution in [0.2, 0.25) is 0 Å². The van der Waals surface area contributed by atoms with Gasteiger partial charge in [-0.1, -0.05) is 5.92 Å². The van der Waals surface area contributed by atoms with Crippen LogP contribution >= 0.6 is 0 Å². The Bertz CT molecular complexity index is 1380. The number of ether oxygens (including phenoxy) is 1. The minimum atomic E-state index is -1.45. The molecular weight excluding hydrogens is 482 g/mol. The number of aliphatic hydroxyl groups is 2. The van der Waals surface area contributed by atoms with E-state index in [0.717, 1.165) is 19.3 Å². The van der Waals surface area contributed by atoms with E-state index in [1.165, 1.54) is 30.3 Å². The smallest absolute Gasteiger partial charge is 0.256 e. The summed E-state index contributed by atoms with van der Waals surface area (Å²) in [5.74, 6) is 5.18. The van der Waals surface area contributed by atoms with Gasteiger partial charge in [0.25, 0.3) is 11.8 Å². The summed E-state index contributed by atoms with van der Waals surface area (Å²) in [4.78, 5) is 39.5. The molecule has 0 bridgehead atoms. The number of likely N-dealkylation sites (N-methyl/N-ethyl adjacent to an activating group) is 1. The van der Waals surface area contributed by atoms with Crippen molar-refractivity contribution in [2.45, 2.75) is 49.8 Å². The van der Waals surface area contributed by atoms with Crippen LogP contribution in [0.1, 0.15) is 41.7 Å². The lowest BCUT2D eigenvalue weighted by Gasteiger charge is -2.36. The molecule has 192 valence electrons. The van der Waals surface area contributed by atoms with Crippen molar-refractivity contribution in [3.8, 4) is 11.8 Å². The molecule has 3 aromatic rings. The largest absolute Gasteiger partial charge is 0.387 e. The highest BCUT2D eigenvalue weighted by Gasteiger charge is 2.47. The molecule has 1 saturated carbocycles. The van der Waals surface area contributed by atoms with Crippen molar-refractivity contribution >= 4 is 28.8 Å². The molecule has 0 aromatic carbocycles. The van der Waals surface area contributed by atoms with Gasteiger partial charge in [-0.25, -0.2) is 15.0 Å². The first-order chi connectivity index (χ1) is 17.9. The third-order valence-corrected chi connectivity index (χ3v) is 6.52. The Labute approximate surface area is 210 Å². The van der Waals surface area contributed by atoms with Crippen LogP contribution in [0.15, 0.2) is 24.8 Å². The Morgan fingerprint density at radius 1 is 1.27 bits per heavy atom. The first kappa shape index (κ1) is 24.5. The first-order valence-electron chi connectivity index (χ1n) is 11.7. The third kappa shape index (κ3) is 4.55. The zero-order valence-electron chi connectivity index (χ0n) is 19.9. The Morgan fingerprint density at radius 2 is 2.08 bits per heavy atom. The van der Waals surface area contributed by atoms with Gasteiger partial charge in [0.1, 0.15) is 17.7 Å². The third-order valence-electron chi connectivity index (χ3n) is 6.52. The molecular formula is C23H25N9O5. The minimum Gasteiger partial charge on any atom is -0.387 e. The van der Waals surface area contributed by atoms with Gasteiger partial charge in [0.15, 0.2) is 23.8 Å². The van der Waals surface area contributed by atoms with Crippen molar-refractivity contribution in [3.63, 3.8) is 0 Å². The van der Waals surface area contributed by atoms with E-state index in [9.17, 15) is 19.8 Å². The molecule has 37 heavy (non-hydrogen) atoms. The second kappa shape index (κ2) is 10.1. The van der Waals surface area contributed by atoms with Gasteiger partial charge in [-0.05, 0) is 31.2 Å². The van der Waals surface area contributed by atoms with Crippen LogP contribution < -0.4 is 11.1 Å². The Balaban J connectivity index is 1.40. The van der Waals surface area contributed by atoms with Crippen molar-refractivity contribution in [2.24, 2.45) is 0 Å². The molecule has 1 saturated heterocycles. The van der Waals surface area contributed by atoms with Crippen molar-refractivity contribution in [1.82, 2.24) is 39.9 Å². The van der Waals surface area contributed by atoms with Crippen LogP contribution in [0.25, 0.3) is 11.2 Å². The molecule has 0 radical (unpaired) electrons. The van der Waals surface area contributed by atoms with Crippen molar-refractivity contribution in [1.29, 1.82) is 0 Å². The molecule has 5 N–H and O–H groups in total. The number of hydrogen-bond acceptors (Lipinski definition) is 11. The van der Waals surface area contributed by atoms with Gasteiger partial charge in [0.2, 0.25) is 5.82 Å². The summed E-state index contributed by atoms with van der Waals surface area (Å²) in [6.45, 7) is 0.150. The van der Waals surface area contributed by atoms with Gasteiger partial charge in [-0.15, -0.1) is 0 Å². The molecule has 2 aliphatic rings. The summed E-state index contributed by atoms with van der Waals surface area (Å²) in [5.41, 5.74) is 6.96. The minimum absolute atomic E-state index is 0.0544. The number of nitrogens with one attached hydrogen (secondary N) is 1. The fourth-order valence-corrected chi connectivity index (χ4v) is 4.28. The molecule has 1 unspecified atom stereocenters. The highest BCUT2D eigenvalue weighted by molar-refractivity contribution is 5.94. The average Bonchev–Trinajstić information content (AvgIpc) is 3.43. The second-order valence-electron chi connectivity index (χ2n) is 8.75. The number of carbonyl (C=O) groups is 2. The van der Waals surface area contributed by atoms with Crippen molar-refractivity contribution in [3.05, 3.63) is 36.2 Å². The number of anilines is 1. The molecule has 5 rings (SSSR count). The molecule has 4 atom stereocenters. The topological polar surface area (TPSA) is 194 Å². The maximum absolute atomic E-state index is 13.0. The van der Waals surface area contributed by atoms with E-state index in [1.807, 2.05) is 0 Å². The molecule has 14 heteroatoms. The van der Waals surface area contributed by atoms with E-state index in [0.29, 0.717) is 5.56 Å². The second-order valence-corrected chi connectivity index (χ2v) is 8.75. The summed E-state index contributed by atoms with van der Waals surface area (Å²) >= 11 is 0. The number of carbonyl (C=O) groups excluding carboxylic acids is 2. The lowest BCUT2D eigenvalue weighted by molar-refractivity contribution is -0.137. The number of fused-ring (bicyclic) bond motifs is 1. The predicted octanol–water partition coefficient (Wildman–Crippen LogP) is -1.39. The van der Waals surface area contributed by atoms with Gasteiger partial charge in [0.05, 0.1) is 30.8 Å². The van der Waals surface area contributed by atoms with E-state index in [1.54, 1.807) is 11.0 Å². The monoisotopic (exact) mass is 507 g/mol. The maximum atomic E-state index is 13.0. The molecule has 14 nitrogen and oxygen atoms in total. The molecule has 1 aliphatic carbocycles. The van der Waals surface area contributed by atoms with Gasteiger partial charge in [0, 0.05) is 13.1 Å². The number of aliphatic hydroxyl groups excluding tert-OH is 2. The summed E-state index contributed by atoms with van der Waals surface area (Å²) in [5, 5.41) is 30.7. The fourth-order valence-electron chi connectivity index (χ4n) is 4.28. The lowest BCUT2D eigenvalue weighted by Crippen LogP contribution is -2.44. The molecule has 2 amide bonds. The van der Waals surface area contributed by atoms with Crippen LogP contribution in [0.5, 0.6) is 0 Å². The van der Waals surface area contributed by atoms with Gasteiger partial charge in [-0.2, -0.15) is 10.2 Å². The number of nitrogen functional groups attached to an aromatic ring is 1. The number of hydrogen-bond donors (Lipinski definition) is 4. The highest BCUT2D eigenvalue weighted by atomic mass is 16.6. The van der Waals surface area contributed by atoms with E-state index in [4.69, 9.17) is 10.5 Å². The van der Waals surface area contributed by atoms with Crippen LogP contribution in [0.4, 0.5) is 5.82 Å². The number of imidazole rings is 1. The van der Waals surface area contributed by atoms with E-state index >= 15 is 0 Å². The van der Waals surface area contributed by atoms with Gasteiger partial charge >= 0.3 is 0 Å². The zero-order valence-corrected chi connectivity index (χ0v) is 19.9. The molecule has 4 heterocycles. The summed E-state index contributed by atoms with van der Waals surface area (Å²) in [6.07, 6.45) is 1.77. The van der Waals surface area contributed by atoms with Gasteiger partial charge in [-0.3, -0.25) is 14.2 Å². The lowest BCUT2D eigenvalue weighted by atomic mass is 9.91. The number of aromatic nitrogens is 6. The zero-order chi connectivity index (χ0) is 26.1. The number of rotatable bonds is 5. The summed E-state index contributed by atoms with van der Waals surface area (Å²) < 4.78 is 6.99. The maximum Gasteiger partial charge on any atom is 0.256 e. The van der Waals surface area contributed by atoms with Crippen LogP contribution in [-0.4, -0.2) is 94.6 Å². The molecule has 3 aromatic heterocycles. The van der Waals surface area contributed by atoms with Crippen LogP contribution in [-0.2, 0) is 9.53 Å². The van der Waals surface area contributed by atoms with Crippen LogP contribution in [0, 0.1) is 11.8 Å². The molecule has 0 spiro atoms. The summed E-state index contributed by atoms with van der Waals surface area (Å²) in [6, 6.07) is 1.70. The van der Waals surface area contributed by atoms with Crippen LogP contribution in [0.3, 0.4) is 0 Å². The molecule has 1 aliphatic heterocycles. The Kier molecular flexibility index (Phi) is 6.66. The number of amides is 2. The average molecular weight is 508 g/mol. The fraction of sp³-hybridized carbons (Fsp3) is 0.435. The standard InChI is InChI=1S/C23H25N9O5/c1-25-21(35)18-16(33)17(34)23(37-18)32-11-26-15-19(24)29-14(30-20(15)32)6-3-9-31(13-4-2-5-13)22(36)12-7-8-27-28-10-12/h7-8,10-11,13,16-18,23,33-34H,2,4-5,9H2,1H3,(H,25,35)(H2,24,29,30)/t16-,17?,18-,23+/m0/s1.